The van der Waals surface area contributed by atoms with Crippen LogP contribution in [0.4, 0.5) is 10.5 Å². The highest BCUT2D eigenvalue weighted by molar-refractivity contribution is 6.25. The van der Waals surface area contributed by atoms with Gasteiger partial charge in [-0.1, -0.05) is 117 Å². The number of carbonyl (C=O) groups excluding carboxylic acids is 5. The van der Waals surface area contributed by atoms with Crippen molar-refractivity contribution in [3.63, 3.8) is 0 Å². The Morgan fingerprint density at radius 3 is 2.32 bits per heavy atom. The number of benzene rings is 4. The van der Waals surface area contributed by atoms with Crippen molar-refractivity contribution in [1.82, 2.24) is 15.5 Å². The van der Waals surface area contributed by atoms with Crippen LogP contribution in [-0.4, -0.2) is 78.7 Å². The maximum atomic E-state index is 16.5. The van der Waals surface area contributed by atoms with Crippen molar-refractivity contribution >= 4 is 35.5 Å². The summed E-state index contributed by atoms with van der Waals surface area (Å²) in [5.74, 6) is 1.95. The molecule has 3 heterocycles. The molecule has 0 saturated carbocycles. The summed E-state index contributed by atoms with van der Waals surface area (Å²) >= 11 is 0. The van der Waals surface area contributed by atoms with E-state index in [1.807, 2.05) is 65.6 Å². The fourth-order valence-corrected chi connectivity index (χ4v) is 10.2. The van der Waals surface area contributed by atoms with Crippen LogP contribution < -0.4 is 20.3 Å². The number of hydrogen-bond acceptors (Lipinski definition) is 10. The molecule has 8 rings (SSSR count). The van der Waals surface area contributed by atoms with Gasteiger partial charge in [0.15, 0.2) is 0 Å². The Hall–Kier alpha value is -7.01. The summed E-state index contributed by atoms with van der Waals surface area (Å²) in [6.07, 6.45) is 6.51. The Bertz CT molecular complexity index is 2600. The van der Waals surface area contributed by atoms with E-state index < -0.39 is 77.3 Å². The number of fused-ring (bicyclic) bond motifs is 3. The first-order valence-electron chi connectivity index (χ1n) is 22.4. The van der Waals surface area contributed by atoms with Crippen molar-refractivity contribution in [2.75, 3.05) is 31.8 Å². The summed E-state index contributed by atoms with van der Waals surface area (Å²) in [7, 11) is 1.22. The number of morpholine rings is 1. The number of amides is 4. The highest BCUT2D eigenvalue weighted by atomic mass is 16.6. The Balaban J connectivity index is 1.47. The second kappa shape index (κ2) is 19.6. The van der Waals surface area contributed by atoms with Crippen molar-refractivity contribution in [1.29, 1.82) is 0 Å². The molecule has 3 aliphatic heterocycles. The minimum Gasteiger partial charge on any atom is -0.491 e. The lowest BCUT2D eigenvalue weighted by molar-refractivity contribution is -0.178. The van der Waals surface area contributed by atoms with Gasteiger partial charge in [-0.05, 0) is 78.1 Å². The van der Waals surface area contributed by atoms with Crippen LogP contribution in [0.15, 0.2) is 127 Å². The SMILES string of the molecule is C=CCNC(=O)[C@H]1[C@@H]2C(=O)O[C@@H](c3ccccc3)[C@@H](c3ccccc3)N2[C@@H](c2ccccc2OCCO)[C@]12C(=O)N(C(=O)N[C@H](C(=O)OC)C(C)C)c1ccc(C#CC3=CCCCC3)cc12. The zero-order chi connectivity index (χ0) is 46.5. The Labute approximate surface area is 384 Å². The van der Waals surface area contributed by atoms with Gasteiger partial charge in [0.1, 0.15) is 36.0 Å². The third-order valence-electron chi connectivity index (χ3n) is 13.0. The molecule has 340 valence electrons. The molecule has 0 unspecified atom stereocenters. The molecule has 4 aromatic carbocycles. The number of aliphatic hydroxyl groups is 1. The number of cyclic esters (lactones) is 1. The topological polar surface area (TPSA) is 164 Å². The minimum absolute atomic E-state index is 0.0100. The first-order chi connectivity index (χ1) is 32.1. The molecular formula is C53H54N4O9. The molecular weight excluding hydrogens is 837 g/mol. The van der Waals surface area contributed by atoms with Crippen molar-refractivity contribution in [2.45, 2.75) is 75.2 Å². The van der Waals surface area contributed by atoms with E-state index in [4.69, 9.17) is 14.2 Å². The lowest BCUT2D eigenvalue weighted by Gasteiger charge is -2.46. The molecule has 4 aromatic rings. The maximum Gasteiger partial charge on any atom is 0.329 e. The van der Waals surface area contributed by atoms with Crippen molar-refractivity contribution < 1.29 is 43.3 Å². The van der Waals surface area contributed by atoms with Gasteiger partial charge < -0.3 is 30.0 Å². The molecule has 0 radical (unpaired) electrons. The second-order valence-electron chi connectivity index (χ2n) is 17.2. The summed E-state index contributed by atoms with van der Waals surface area (Å²) in [4.78, 5) is 78.2. The van der Waals surface area contributed by atoms with Crippen LogP contribution in [-0.2, 0) is 34.1 Å². The van der Waals surface area contributed by atoms with Crippen LogP contribution in [0.2, 0.25) is 0 Å². The standard InChI is InChI=1S/C53H54N4O9/c1-5-29-54-48(59)42-45-50(61)66-46(37-21-13-8-14-22-37)44(36-19-11-7-12-20-36)57(45)47(38-23-15-16-24-41(38)65-31-30-58)53(42)39-32-35(26-25-34-17-9-6-10-18-34)27-28-40(39)56(51(53)62)52(63)55-43(33(2)3)49(60)64-4/h5,7-8,11-17,19-24,27-28,32-33,42-47,58H,1,6,9-10,18,29-31H2,2-4H3,(H,54,59)(H,55,63)/t42-,43+,44-,45-,46+,47+,53-/m1/s1. The Morgan fingerprint density at radius 2 is 1.65 bits per heavy atom. The molecule has 66 heavy (non-hydrogen) atoms. The molecule has 1 spiro atoms. The summed E-state index contributed by atoms with van der Waals surface area (Å²) in [5.41, 5.74) is 1.61. The van der Waals surface area contributed by atoms with Crippen LogP contribution in [0.5, 0.6) is 5.75 Å². The van der Waals surface area contributed by atoms with Gasteiger partial charge in [0.05, 0.1) is 37.4 Å². The summed E-state index contributed by atoms with van der Waals surface area (Å²) in [5, 5.41) is 15.7. The number of anilines is 1. The van der Waals surface area contributed by atoms with E-state index in [1.54, 1.807) is 56.3 Å². The molecule has 0 aromatic heterocycles. The molecule has 2 fully saturated rings. The molecule has 0 bridgehead atoms. The van der Waals surface area contributed by atoms with E-state index >= 15 is 14.4 Å². The normalized spacial score (nSPS) is 23.7. The number of para-hydroxylation sites is 1. The fraction of sp³-hybridized carbons (Fsp3) is 0.340. The molecule has 4 aliphatic rings. The number of allylic oxidation sites excluding steroid dienone is 2. The predicted molar refractivity (Wildman–Crippen MR) is 247 cm³/mol. The largest absolute Gasteiger partial charge is 0.491 e. The van der Waals surface area contributed by atoms with Crippen LogP contribution in [0.1, 0.15) is 85.5 Å². The molecule has 3 N–H and O–H groups in total. The summed E-state index contributed by atoms with van der Waals surface area (Å²) in [6, 6.07) is 25.3. The monoisotopic (exact) mass is 890 g/mol. The third kappa shape index (κ3) is 8.16. The van der Waals surface area contributed by atoms with Gasteiger partial charge in [0.25, 0.3) is 0 Å². The van der Waals surface area contributed by atoms with Gasteiger partial charge in [0.2, 0.25) is 11.8 Å². The number of esters is 2. The molecule has 13 nitrogen and oxygen atoms in total. The van der Waals surface area contributed by atoms with Crippen LogP contribution in [0.3, 0.4) is 0 Å². The summed E-state index contributed by atoms with van der Waals surface area (Å²) < 4.78 is 17.9. The number of ether oxygens (including phenoxy) is 3. The van der Waals surface area contributed by atoms with E-state index in [2.05, 4.69) is 35.1 Å². The maximum absolute atomic E-state index is 16.5. The van der Waals surface area contributed by atoms with Crippen molar-refractivity contribution in [3.8, 4) is 17.6 Å². The van der Waals surface area contributed by atoms with Crippen LogP contribution in [0, 0.1) is 23.7 Å². The number of urea groups is 1. The number of rotatable bonds is 12. The molecule has 2 saturated heterocycles. The highest BCUT2D eigenvalue weighted by Gasteiger charge is 2.76. The number of nitrogens with one attached hydrogen (secondary N) is 2. The van der Waals surface area contributed by atoms with Crippen LogP contribution in [0.25, 0.3) is 0 Å². The number of hydrogen-bond donors (Lipinski definition) is 3. The van der Waals surface area contributed by atoms with E-state index in [-0.39, 0.29) is 36.8 Å². The van der Waals surface area contributed by atoms with E-state index in [0.717, 1.165) is 41.7 Å². The molecule has 7 atom stereocenters. The predicted octanol–water partition coefficient (Wildman–Crippen LogP) is 6.78. The van der Waals surface area contributed by atoms with Gasteiger partial charge in [-0.2, -0.15) is 0 Å². The Morgan fingerprint density at radius 1 is 0.939 bits per heavy atom. The van der Waals surface area contributed by atoms with E-state index in [9.17, 15) is 14.7 Å². The zero-order valence-corrected chi connectivity index (χ0v) is 37.3. The minimum atomic E-state index is -2.10. The van der Waals surface area contributed by atoms with Gasteiger partial charge in [0, 0.05) is 17.7 Å². The number of imide groups is 1. The van der Waals surface area contributed by atoms with Crippen molar-refractivity contribution in [2.24, 2.45) is 11.8 Å². The zero-order valence-electron chi connectivity index (χ0n) is 37.3. The molecule has 13 heteroatoms. The van der Waals surface area contributed by atoms with Gasteiger partial charge >= 0.3 is 18.0 Å². The van der Waals surface area contributed by atoms with E-state index in [1.165, 1.54) is 13.2 Å². The molecule has 1 aliphatic carbocycles. The highest BCUT2D eigenvalue weighted by Crippen LogP contribution is 2.66. The Kier molecular flexibility index (Phi) is 13.5. The fourth-order valence-electron chi connectivity index (χ4n) is 10.2. The van der Waals surface area contributed by atoms with Gasteiger partial charge in [-0.25, -0.2) is 14.5 Å². The quantitative estimate of drug-likeness (QED) is 0.0785. The number of nitrogens with zero attached hydrogens (tertiary/aromatic N) is 2. The average molecular weight is 891 g/mol. The summed E-state index contributed by atoms with van der Waals surface area (Å²) in [6.45, 7) is 6.85. The number of carbonyl (C=O) groups is 5. The third-order valence-corrected chi connectivity index (χ3v) is 13.0. The van der Waals surface area contributed by atoms with Crippen LogP contribution >= 0.6 is 0 Å². The smallest absolute Gasteiger partial charge is 0.329 e. The van der Waals surface area contributed by atoms with Gasteiger partial charge in [-0.15, -0.1) is 6.58 Å². The van der Waals surface area contributed by atoms with Crippen molar-refractivity contribution in [3.05, 3.63) is 155 Å². The lowest BCUT2D eigenvalue weighted by atomic mass is 9.65. The van der Waals surface area contributed by atoms with Gasteiger partial charge in [-0.3, -0.25) is 19.3 Å². The lowest BCUT2D eigenvalue weighted by Crippen LogP contribution is -2.57. The van der Waals surface area contributed by atoms with E-state index in [0.29, 0.717) is 16.7 Å². The number of aliphatic hydroxyl groups excluding tert-OH is 1. The first kappa shape index (κ1) is 45.6. The first-order valence-corrected chi connectivity index (χ1v) is 22.4. The number of methoxy groups -OCH3 is 1. The average Bonchev–Trinajstić information content (AvgIpc) is 3.80. The second-order valence-corrected chi connectivity index (χ2v) is 17.2. The molecule has 4 amide bonds.